The molecule has 0 heterocycles. The van der Waals surface area contributed by atoms with Gasteiger partial charge in [0.2, 0.25) is 0 Å². The largest absolute Gasteiger partial charge is 0.0713 e. The standard InChI is InChI=1S/C19H28/c1-12-9-18(7,16(5)14(12)3)11-19(8)10-13(2)15(4)17(19)6/h9-10H,11H2,1-8H3. The molecule has 0 aliphatic heterocycles. The van der Waals surface area contributed by atoms with E-state index in [0.717, 1.165) is 0 Å². The molecule has 0 fully saturated rings. The fraction of sp³-hybridized carbons (Fsp3) is 0.579. The highest BCUT2D eigenvalue weighted by Crippen LogP contribution is 2.53. The average Bonchev–Trinajstić information content (AvgIpc) is 2.61. The zero-order chi connectivity index (χ0) is 14.6. The topological polar surface area (TPSA) is 0 Å². The van der Waals surface area contributed by atoms with E-state index in [-0.39, 0.29) is 10.8 Å². The lowest BCUT2D eigenvalue weighted by Gasteiger charge is -2.35. The molecule has 0 aromatic heterocycles. The Balaban J connectivity index is 2.40. The van der Waals surface area contributed by atoms with Crippen LogP contribution in [0.15, 0.2) is 45.6 Å². The summed E-state index contributed by atoms with van der Waals surface area (Å²) < 4.78 is 0. The predicted molar refractivity (Wildman–Crippen MR) is 85.1 cm³/mol. The van der Waals surface area contributed by atoms with E-state index in [0.29, 0.717) is 0 Å². The van der Waals surface area contributed by atoms with Gasteiger partial charge >= 0.3 is 0 Å². The molecule has 19 heavy (non-hydrogen) atoms. The van der Waals surface area contributed by atoms with Crippen LogP contribution < -0.4 is 0 Å². The summed E-state index contributed by atoms with van der Waals surface area (Å²) in [7, 11) is 0. The van der Waals surface area contributed by atoms with Crippen LogP contribution in [0.2, 0.25) is 0 Å². The normalized spacial score (nSPS) is 35.2. The molecule has 2 rings (SSSR count). The Morgan fingerprint density at radius 3 is 1.21 bits per heavy atom. The first kappa shape index (κ1) is 14.4. The molecule has 0 saturated carbocycles. The summed E-state index contributed by atoms with van der Waals surface area (Å²) in [6, 6.07) is 0. The van der Waals surface area contributed by atoms with Gasteiger partial charge in [0.25, 0.3) is 0 Å². The van der Waals surface area contributed by atoms with Gasteiger partial charge in [-0.05, 0) is 59.1 Å². The first-order valence-electron chi connectivity index (χ1n) is 7.36. The zero-order valence-corrected chi connectivity index (χ0v) is 13.9. The van der Waals surface area contributed by atoms with E-state index in [2.05, 4.69) is 67.5 Å². The molecule has 2 atom stereocenters. The zero-order valence-electron chi connectivity index (χ0n) is 13.9. The fourth-order valence-electron chi connectivity index (χ4n) is 3.97. The summed E-state index contributed by atoms with van der Waals surface area (Å²) in [6.07, 6.45) is 6.14. The molecule has 0 radical (unpaired) electrons. The number of hydrogen-bond donors (Lipinski definition) is 0. The first-order valence-corrected chi connectivity index (χ1v) is 7.36. The molecule has 0 saturated heterocycles. The SMILES string of the molecule is CC1=CC(C)(CC2(C)C=C(C)C(C)=C2C)C(C)=C1C. The highest BCUT2D eigenvalue weighted by atomic mass is 14.4. The van der Waals surface area contributed by atoms with E-state index < -0.39 is 0 Å². The summed E-state index contributed by atoms with van der Waals surface area (Å²) >= 11 is 0. The van der Waals surface area contributed by atoms with E-state index in [1.807, 2.05) is 0 Å². The Kier molecular flexibility index (Phi) is 3.20. The van der Waals surface area contributed by atoms with E-state index in [9.17, 15) is 0 Å². The summed E-state index contributed by atoms with van der Waals surface area (Å²) in [4.78, 5) is 0. The van der Waals surface area contributed by atoms with Crippen molar-refractivity contribution in [3.05, 3.63) is 45.6 Å². The second-order valence-corrected chi connectivity index (χ2v) is 7.17. The molecular formula is C19H28. The molecule has 104 valence electrons. The second kappa shape index (κ2) is 4.23. The van der Waals surface area contributed by atoms with Crippen LogP contribution in [-0.4, -0.2) is 0 Å². The van der Waals surface area contributed by atoms with E-state index in [1.165, 1.54) is 28.7 Å². The van der Waals surface area contributed by atoms with Crippen LogP contribution >= 0.6 is 0 Å². The molecule has 0 aromatic rings. The molecule has 0 amide bonds. The molecule has 0 heteroatoms. The molecule has 0 spiro atoms. The molecule has 0 nitrogen and oxygen atoms in total. The van der Waals surface area contributed by atoms with Crippen LogP contribution in [0.5, 0.6) is 0 Å². The van der Waals surface area contributed by atoms with E-state index in [1.54, 1.807) is 11.1 Å². The third-order valence-corrected chi connectivity index (χ3v) is 5.83. The average molecular weight is 256 g/mol. The van der Waals surface area contributed by atoms with Crippen molar-refractivity contribution < 1.29 is 0 Å². The number of allylic oxidation sites excluding steroid dienone is 8. The van der Waals surface area contributed by atoms with Gasteiger partial charge < -0.3 is 0 Å². The third-order valence-electron chi connectivity index (χ3n) is 5.83. The van der Waals surface area contributed by atoms with E-state index in [4.69, 9.17) is 0 Å². The molecule has 0 bridgehead atoms. The van der Waals surface area contributed by atoms with Gasteiger partial charge in [0.05, 0.1) is 0 Å². The Hall–Kier alpha value is -1.04. The van der Waals surface area contributed by atoms with Gasteiger partial charge in [0, 0.05) is 10.8 Å². The van der Waals surface area contributed by atoms with Crippen molar-refractivity contribution >= 4 is 0 Å². The molecule has 2 aliphatic carbocycles. The summed E-state index contributed by atoms with van der Waals surface area (Å²) in [5.74, 6) is 0. The van der Waals surface area contributed by atoms with Crippen LogP contribution in [0.3, 0.4) is 0 Å². The number of hydrogen-bond acceptors (Lipinski definition) is 0. The van der Waals surface area contributed by atoms with Crippen molar-refractivity contribution in [3.63, 3.8) is 0 Å². The van der Waals surface area contributed by atoms with Crippen LogP contribution in [0.25, 0.3) is 0 Å². The second-order valence-electron chi connectivity index (χ2n) is 7.17. The van der Waals surface area contributed by atoms with Crippen molar-refractivity contribution in [2.75, 3.05) is 0 Å². The molecule has 0 aromatic carbocycles. The predicted octanol–water partition coefficient (Wildman–Crippen LogP) is 5.98. The lowest BCUT2D eigenvalue weighted by Crippen LogP contribution is -2.25. The van der Waals surface area contributed by atoms with Gasteiger partial charge in [-0.3, -0.25) is 0 Å². The number of rotatable bonds is 2. The van der Waals surface area contributed by atoms with Crippen LogP contribution in [0, 0.1) is 10.8 Å². The van der Waals surface area contributed by atoms with Gasteiger partial charge in [0.15, 0.2) is 0 Å². The maximum atomic E-state index is 2.48. The van der Waals surface area contributed by atoms with Crippen molar-refractivity contribution in [2.45, 2.75) is 61.8 Å². The smallest absolute Gasteiger partial charge is 0.00825 e. The van der Waals surface area contributed by atoms with Crippen LogP contribution in [0.1, 0.15) is 61.8 Å². The summed E-state index contributed by atoms with van der Waals surface area (Å²) in [5.41, 5.74) is 9.42. The highest BCUT2D eigenvalue weighted by Gasteiger charge is 2.40. The van der Waals surface area contributed by atoms with Gasteiger partial charge in [-0.1, -0.05) is 48.3 Å². The Bertz CT molecular complexity index is 501. The van der Waals surface area contributed by atoms with Crippen molar-refractivity contribution in [1.82, 2.24) is 0 Å². The van der Waals surface area contributed by atoms with Crippen molar-refractivity contribution in [3.8, 4) is 0 Å². The molecule has 0 N–H and O–H groups in total. The molecule has 2 aliphatic rings. The monoisotopic (exact) mass is 256 g/mol. The fourth-order valence-corrected chi connectivity index (χ4v) is 3.97. The summed E-state index contributed by atoms with van der Waals surface area (Å²) in [5, 5.41) is 0. The van der Waals surface area contributed by atoms with Gasteiger partial charge in [-0.15, -0.1) is 0 Å². The Labute approximate surface area is 119 Å². The highest BCUT2D eigenvalue weighted by molar-refractivity contribution is 5.49. The van der Waals surface area contributed by atoms with Crippen molar-refractivity contribution in [2.24, 2.45) is 10.8 Å². The van der Waals surface area contributed by atoms with Gasteiger partial charge in [0.1, 0.15) is 0 Å². The van der Waals surface area contributed by atoms with Crippen LogP contribution in [-0.2, 0) is 0 Å². The quantitative estimate of drug-likeness (QED) is 0.570. The Morgan fingerprint density at radius 1 is 0.684 bits per heavy atom. The minimum atomic E-state index is 0.214. The third kappa shape index (κ3) is 2.06. The van der Waals surface area contributed by atoms with Crippen molar-refractivity contribution in [1.29, 1.82) is 0 Å². The molecular weight excluding hydrogens is 228 g/mol. The minimum Gasteiger partial charge on any atom is -0.0713 e. The maximum absolute atomic E-state index is 2.48. The first-order chi connectivity index (χ1) is 8.61. The van der Waals surface area contributed by atoms with Gasteiger partial charge in [-0.25, -0.2) is 0 Å². The Morgan fingerprint density at radius 2 is 1.00 bits per heavy atom. The lowest BCUT2D eigenvalue weighted by molar-refractivity contribution is 0.335. The van der Waals surface area contributed by atoms with Gasteiger partial charge in [-0.2, -0.15) is 0 Å². The molecule has 2 unspecified atom stereocenters. The summed E-state index contributed by atoms with van der Waals surface area (Å²) in [6.45, 7) is 18.4. The lowest BCUT2D eigenvalue weighted by atomic mass is 9.68. The van der Waals surface area contributed by atoms with E-state index >= 15 is 0 Å². The van der Waals surface area contributed by atoms with Crippen LogP contribution in [0.4, 0.5) is 0 Å². The maximum Gasteiger partial charge on any atom is 0.00825 e. The minimum absolute atomic E-state index is 0.214.